The zero-order valence-corrected chi connectivity index (χ0v) is 13.1. The van der Waals surface area contributed by atoms with Gasteiger partial charge in [0.25, 0.3) is 0 Å². The van der Waals surface area contributed by atoms with E-state index in [-0.39, 0.29) is 5.91 Å². The van der Waals surface area contributed by atoms with Gasteiger partial charge in [-0.2, -0.15) is 0 Å². The Kier molecular flexibility index (Phi) is 5.33. The lowest BCUT2D eigenvalue weighted by molar-refractivity contribution is -0.121. The van der Waals surface area contributed by atoms with Gasteiger partial charge in [0.05, 0.1) is 6.10 Å². The highest BCUT2D eigenvalue weighted by molar-refractivity contribution is 5.76. The van der Waals surface area contributed by atoms with Gasteiger partial charge >= 0.3 is 0 Å². The number of benzene rings is 1. The lowest BCUT2D eigenvalue weighted by atomic mass is 10.1. The zero-order chi connectivity index (χ0) is 15.2. The molecule has 0 spiro atoms. The van der Waals surface area contributed by atoms with E-state index in [1.54, 1.807) is 0 Å². The van der Waals surface area contributed by atoms with Gasteiger partial charge in [0.15, 0.2) is 0 Å². The number of carbonyl (C=O) groups is 1. The molecule has 22 heavy (non-hydrogen) atoms. The van der Waals surface area contributed by atoms with E-state index in [1.807, 2.05) is 24.3 Å². The van der Waals surface area contributed by atoms with E-state index >= 15 is 0 Å². The first-order chi connectivity index (χ1) is 10.8. The Morgan fingerprint density at radius 2 is 2.00 bits per heavy atom. The fraction of sp³-hybridized carbons (Fsp3) is 0.611. The molecule has 1 saturated carbocycles. The first kappa shape index (κ1) is 15.3. The molecule has 120 valence electrons. The molecule has 1 aliphatic heterocycles. The summed E-state index contributed by atoms with van der Waals surface area (Å²) in [6.45, 7) is 1.59. The Hall–Kier alpha value is -1.55. The Labute approximate surface area is 132 Å². The summed E-state index contributed by atoms with van der Waals surface area (Å²) in [6, 6.07) is 8.40. The molecular weight excluding hydrogens is 276 g/mol. The van der Waals surface area contributed by atoms with Gasteiger partial charge in [-0.05, 0) is 51.1 Å². The van der Waals surface area contributed by atoms with Crippen molar-refractivity contribution in [2.45, 2.75) is 63.6 Å². The Bertz CT molecular complexity index is 492. The SMILES string of the molecule is O=C(CC1CCCN1)NCc1ccccc1OC1CCCC1. The average molecular weight is 302 g/mol. The van der Waals surface area contributed by atoms with E-state index in [0.29, 0.717) is 25.1 Å². The van der Waals surface area contributed by atoms with Gasteiger partial charge in [0, 0.05) is 24.6 Å². The van der Waals surface area contributed by atoms with Crippen molar-refractivity contribution in [3.8, 4) is 5.75 Å². The van der Waals surface area contributed by atoms with Gasteiger partial charge in [-0.1, -0.05) is 18.2 Å². The third-order valence-corrected chi connectivity index (χ3v) is 4.64. The van der Waals surface area contributed by atoms with Crippen LogP contribution in [0.25, 0.3) is 0 Å². The highest BCUT2D eigenvalue weighted by Gasteiger charge is 2.19. The molecule has 0 bridgehead atoms. The van der Waals surface area contributed by atoms with Crippen molar-refractivity contribution in [3.05, 3.63) is 29.8 Å². The zero-order valence-electron chi connectivity index (χ0n) is 13.1. The van der Waals surface area contributed by atoms with Crippen LogP contribution in [0.5, 0.6) is 5.75 Å². The lowest BCUT2D eigenvalue weighted by Crippen LogP contribution is -2.31. The minimum absolute atomic E-state index is 0.120. The van der Waals surface area contributed by atoms with E-state index in [1.165, 1.54) is 19.3 Å². The molecule has 4 nitrogen and oxygen atoms in total. The summed E-state index contributed by atoms with van der Waals surface area (Å²) >= 11 is 0. The summed E-state index contributed by atoms with van der Waals surface area (Å²) in [5, 5.41) is 6.39. The van der Waals surface area contributed by atoms with Crippen LogP contribution < -0.4 is 15.4 Å². The van der Waals surface area contributed by atoms with Crippen LogP contribution in [0.1, 0.15) is 50.5 Å². The standard InChI is InChI=1S/C18H26N2O2/c21-18(12-15-7-5-11-19-15)20-13-14-6-1-4-10-17(14)22-16-8-2-3-9-16/h1,4,6,10,15-16,19H,2-3,5,7-9,11-13H2,(H,20,21). The molecule has 2 N–H and O–H groups in total. The van der Waals surface area contributed by atoms with Gasteiger partial charge in [0.1, 0.15) is 5.75 Å². The van der Waals surface area contributed by atoms with Crippen LogP contribution >= 0.6 is 0 Å². The fourth-order valence-corrected chi connectivity index (χ4v) is 3.37. The molecule has 3 rings (SSSR count). The number of para-hydroxylation sites is 1. The van der Waals surface area contributed by atoms with Crippen LogP contribution in [0.2, 0.25) is 0 Å². The first-order valence-corrected chi connectivity index (χ1v) is 8.56. The van der Waals surface area contributed by atoms with E-state index in [0.717, 1.165) is 37.1 Å². The highest BCUT2D eigenvalue weighted by Crippen LogP contribution is 2.26. The summed E-state index contributed by atoms with van der Waals surface area (Å²) in [4.78, 5) is 12.0. The van der Waals surface area contributed by atoms with Crippen LogP contribution in [-0.4, -0.2) is 24.6 Å². The van der Waals surface area contributed by atoms with Gasteiger partial charge in [0.2, 0.25) is 5.91 Å². The molecule has 2 fully saturated rings. The smallest absolute Gasteiger partial charge is 0.221 e. The summed E-state index contributed by atoms with van der Waals surface area (Å²) in [6.07, 6.45) is 8.02. The van der Waals surface area contributed by atoms with Crippen molar-refractivity contribution in [1.82, 2.24) is 10.6 Å². The number of nitrogens with one attached hydrogen (secondary N) is 2. The van der Waals surface area contributed by atoms with E-state index < -0.39 is 0 Å². The van der Waals surface area contributed by atoms with Gasteiger partial charge in [-0.3, -0.25) is 4.79 Å². The second-order valence-corrected chi connectivity index (χ2v) is 6.41. The minimum atomic E-state index is 0.120. The van der Waals surface area contributed by atoms with Crippen molar-refractivity contribution in [1.29, 1.82) is 0 Å². The summed E-state index contributed by atoms with van der Waals surface area (Å²) < 4.78 is 6.11. The molecule has 1 aliphatic carbocycles. The Balaban J connectivity index is 1.51. The van der Waals surface area contributed by atoms with Crippen LogP contribution in [-0.2, 0) is 11.3 Å². The predicted octanol–water partition coefficient (Wildman–Crippen LogP) is 2.77. The van der Waals surface area contributed by atoms with Crippen LogP contribution in [0, 0.1) is 0 Å². The molecule has 1 heterocycles. The van der Waals surface area contributed by atoms with Gasteiger partial charge in [-0.25, -0.2) is 0 Å². The highest BCUT2D eigenvalue weighted by atomic mass is 16.5. The van der Waals surface area contributed by atoms with Crippen molar-refractivity contribution >= 4 is 5.91 Å². The maximum absolute atomic E-state index is 12.0. The molecule has 1 atom stereocenters. The summed E-state index contributed by atoms with van der Waals surface area (Å²) in [5.41, 5.74) is 1.07. The van der Waals surface area contributed by atoms with Crippen molar-refractivity contribution in [2.75, 3.05) is 6.54 Å². The molecule has 1 aromatic rings. The van der Waals surface area contributed by atoms with Gasteiger partial charge < -0.3 is 15.4 Å². The normalized spacial score (nSPS) is 21.9. The third kappa shape index (κ3) is 4.23. The summed E-state index contributed by atoms with van der Waals surface area (Å²) in [7, 11) is 0. The Morgan fingerprint density at radius 1 is 1.18 bits per heavy atom. The number of rotatable bonds is 6. The predicted molar refractivity (Wildman–Crippen MR) is 86.8 cm³/mol. The number of hydrogen-bond acceptors (Lipinski definition) is 3. The van der Waals surface area contributed by atoms with Crippen molar-refractivity contribution in [3.63, 3.8) is 0 Å². The third-order valence-electron chi connectivity index (χ3n) is 4.64. The van der Waals surface area contributed by atoms with Crippen LogP contribution in [0.4, 0.5) is 0 Å². The van der Waals surface area contributed by atoms with Crippen LogP contribution in [0.15, 0.2) is 24.3 Å². The maximum atomic E-state index is 12.0. The fourth-order valence-electron chi connectivity index (χ4n) is 3.37. The molecule has 1 unspecified atom stereocenters. The number of amides is 1. The number of carbonyl (C=O) groups excluding carboxylic acids is 1. The molecule has 0 aromatic heterocycles. The van der Waals surface area contributed by atoms with Crippen LogP contribution in [0.3, 0.4) is 0 Å². The average Bonchev–Trinajstić information content (AvgIpc) is 3.20. The van der Waals surface area contributed by atoms with Crippen molar-refractivity contribution in [2.24, 2.45) is 0 Å². The van der Waals surface area contributed by atoms with E-state index in [2.05, 4.69) is 10.6 Å². The topological polar surface area (TPSA) is 50.4 Å². The van der Waals surface area contributed by atoms with Gasteiger partial charge in [-0.15, -0.1) is 0 Å². The molecule has 1 saturated heterocycles. The molecule has 2 aliphatic rings. The second kappa shape index (κ2) is 7.63. The van der Waals surface area contributed by atoms with E-state index in [9.17, 15) is 4.79 Å². The monoisotopic (exact) mass is 302 g/mol. The minimum Gasteiger partial charge on any atom is -0.490 e. The second-order valence-electron chi connectivity index (χ2n) is 6.41. The largest absolute Gasteiger partial charge is 0.490 e. The molecule has 1 aromatic carbocycles. The lowest BCUT2D eigenvalue weighted by Gasteiger charge is -2.17. The Morgan fingerprint density at radius 3 is 2.77 bits per heavy atom. The quantitative estimate of drug-likeness (QED) is 0.849. The van der Waals surface area contributed by atoms with Crippen molar-refractivity contribution < 1.29 is 9.53 Å². The first-order valence-electron chi connectivity index (χ1n) is 8.56. The number of hydrogen-bond donors (Lipinski definition) is 2. The molecule has 4 heteroatoms. The summed E-state index contributed by atoms with van der Waals surface area (Å²) in [5.74, 6) is 1.05. The van der Waals surface area contributed by atoms with E-state index in [4.69, 9.17) is 4.74 Å². The molecule has 1 amide bonds. The molecular formula is C18H26N2O2. The molecule has 0 radical (unpaired) electrons. The number of ether oxygens (including phenoxy) is 1. The maximum Gasteiger partial charge on any atom is 0.221 e.